The minimum atomic E-state index is 0.206. The summed E-state index contributed by atoms with van der Waals surface area (Å²) in [6.07, 6.45) is 1.84. The van der Waals surface area contributed by atoms with Crippen LogP contribution >= 0.6 is 0 Å². The molecule has 22 heavy (non-hydrogen) atoms. The topological polar surface area (TPSA) is 44.5 Å². The van der Waals surface area contributed by atoms with E-state index in [0.717, 1.165) is 24.3 Å². The van der Waals surface area contributed by atoms with E-state index in [9.17, 15) is 0 Å². The Balaban J connectivity index is 2.35. The summed E-state index contributed by atoms with van der Waals surface area (Å²) in [7, 11) is 3.41. The number of rotatable bonds is 7. The summed E-state index contributed by atoms with van der Waals surface area (Å²) in [5.74, 6) is 2.02. The first-order valence-electron chi connectivity index (χ1n) is 7.72. The molecular formula is C19H25NO2. The molecule has 0 amide bonds. The van der Waals surface area contributed by atoms with Gasteiger partial charge in [0.15, 0.2) is 0 Å². The lowest BCUT2D eigenvalue weighted by atomic mass is 9.89. The summed E-state index contributed by atoms with van der Waals surface area (Å²) in [6, 6.07) is 14.5. The lowest BCUT2D eigenvalue weighted by molar-refractivity contribution is 0.400. The Morgan fingerprint density at radius 3 is 2.36 bits per heavy atom. The molecule has 0 saturated heterocycles. The van der Waals surface area contributed by atoms with Gasteiger partial charge in [0, 0.05) is 5.92 Å². The van der Waals surface area contributed by atoms with Crippen LogP contribution in [-0.4, -0.2) is 20.8 Å². The Labute approximate surface area is 133 Å². The number of hydrogen-bond donors (Lipinski definition) is 1. The summed E-state index contributed by atoms with van der Waals surface area (Å²) in [6.45, 7) is 2.73. The van der Waals surface area contributed by atoms with E-state index >= 15 is 0 Å². The van der Waals surface area contributed by atoms with Crippen molar-refractivity contribution in [3.8, 4) is 11.5 Å². The van der Waals surface area contributed by atoms with Crippen LogP contribution in [0.3, 0.4) is 0 Å². The first kappa shape index (κ1) is 16.4. The molecule has 0 spiro atoms. The molecule has 0 saturated carbocycles. The van der Waals surface area contributed by atoms with Crippen LogP contribution < -0.4 is 15.2 Å². The van der Waals surface area contributed by atoms with Crippen LogP contribution in [0, 0.1) is 0 Å². The number of methoxy groups -OCH3 is 2. The number of benzene rings is 2. The Morgan fingerprint density at radius 1 is 1.00 bits per heavy atom. The molecular weight excluding hydrogens is 274 g/mol. The first-order chi connectivity index (χ1) is 10.7. The molecule has 0 aromatic heterocycles. The van der Waals surface area contributed by atoms with E-state index in [1.165, 1.54) is 16.7 Å². The van der Waals surface area contributed by atoms with Gasteiger partial charge < -0.3 is 15.2 Å². The Morgan fingerprint density at radius 2 is 1.73 bits per heavy atom. The van der Waals surface area contributed by atoms with Crippen LogP contribution in [0.25, 0.3) is 0 Å². The van der Waals surface area contributed by atoms with E-state index in [1.807, 2.05) is 24.3 Å². The highest BCUT2D eigenvalue weighted by Gasteiger charge is 2.17. The Hall–Kier alpha value is -2.00. The number of nitrogens with two attached hydrogens (primary N) is 1. The molecule has 0 aliphatic rings. The van der Waals surface area contributed by atoms with Gasteiger partial charge in [0.1, 0.15) is 11.5 Å². The number of aryl methyl sites for hydroxylation is 1. The monoisotopic (exact) mass is 299 g/mol. The lowest BCUT2D eigenvalue weighted by Crippen LogP contribution is -2.16. The standard InChI is InChI=1S/C19H25NO2/c1-4-14-9-10-19(22-3)17(11-14)16(13-20)12-15-7-5-6-8-18(15)21-2/h5-11,16H,4,12-13,20H2,1-3H3. The minimum Gasteiger partial charge on any atom is -0.496 e. The third-order valence-corrected chi connectivity index (χ3v) is 4.09. The molecule has 0 fully saturated rings. The molecule has 118 valence electrons. The van der Waals surface area contributed by atoms with Crippen molar-refractivity contribution < 1.29 is 9.47 Å². The molecule has 2 rings (SSSR count). The Bertz CT molecular complexity index is 610. The Kier molecular flexibility index (Phi) is 5.84. The van der Waals surface area contributed by atoms with Crippen LogP contribution in [0.15, 0.2) is 42.5 Å². The van der Waals surface area contributed by atoms with Crippen molar-refractivity contribution in [2.75, 3.05) is 20.8 Å². The van der Waals surface area contributed by atoms with Crippen molar-refractivity contribution in [1.82, 2.24) is 0 Å². The normalized spacial score (nSPS) is 12.0. The molecule has 0 aliphatic heterocycles. The summed E-state index contributed by atoms with van der Waals surface area (Å²) in [5, 5.41) is 0. The zero-order chi connectivity index (χ0) is 15.9. The molecule has 3 nitrogen and oxygen atoms in total. The molecule has 3 heteroatoms. The molecule has 1 unspecified atom stereocenters. The zero-order valence-electron chi connectivity index (χ0n) is 13.6. The number of para-hydroxylation sites is 1. The smallest absolute Gasteiger partial charge is 0.122 e. The quantitative estimate of drug-likeness (QED) is 0.850. The molecule has 2 aromatic rings. The molecule has 2 aromatic carbocycles. The van der Waals surface area contributed by atoms with E-state index in [2.05, 4.69) is 25.1 Å². The second-order valence-electron chi connectivity index (χ2n) is 5.38. The van der Waals surface area contributed by atoms with Crippen LogP contribution in [-0.2, 0) is 12.8 Å². The van der Waals surface area contributed by atoms with Crippen molar-refractivity contribution in [1.29, 1.82) is 0 Å². The van der Waals surface area contributed by atoms with E-state index in [1.54, 1.807) is 14.2 Å². The van der Waals surface area contributed by atoms with Gasteiger partial charge in [0.05, 0.1) is 14.2 Å². The summed E-state index contributed by atoms with van der Waals surface area (Å²) >= 11 is 0. The maximum atomic E-state index is 6.06. The predicted octanol–water partition coefficient (Wildman–Crippen LogP) is 3.55. The number of hydrogen-bond acceptors (Lipinski definition) is 3. The summed E-state index contributed by atoms with van der Waals surface area (Å²) in [5.41, 5.74) is 9.71. The zero-order valence-corrected chi connectivity index (χ0v) is 13.6. The third-order valence-electron chi connectivity index (χ3n) is 4.09. The van der Waals surface area contributed by atoms with Gasteiger partial charge >= 0.3 is 0 Å². The van der Waals surface area contributed by atoms with Gasteiger partial charge in [-0.15, -0.1) is 0 Å². The fourth-order valence-electron chi connectivity index (χ4n) is 2.78. The molecule has 0 heterocycles. The van der Waals surface area contributed by atoms with Crippen LogP contribution in [0.4, 0.5) is 0 Å². The van der Waals surface area contributed by atoms with Crippen molar-refractivity contribution >= 4 is 0 Å². The van der Waals surface area contributed by atoms with Crippen molar-refractivity contribution in [2.45, 2.75) is 25.7 Å². The second-order valence-corrected chi connectivity index (χ2v) is 5.38. The number of ether oxygens (including phenoxy) is 2. The van der Waals surface area contributed by atoms with Gasteiger partial charge in [-0.05, 0) is 48.2 Å². The summed E-state index contributed by atoms with van der Waals surface area (Å²) < 4.78 is 11.0. The van der Waals surface area contributed by atoms with Crippen LogP contribution in [0.1, 0.15) is 29.5 Å². The minimum absolute atomic E-state index is 0.206. The van der Waals surface area contributed by atoms with Crippen molar-refractivity contribution in [3.63, 3.8) is 0 Å². The molecule has 0 aliphatic carbocycles. The summed E-state index contributed by atoms with van der Waals surface area (Å²) in [4.78, 5) is 0. The van der Waals surface area contributed by atoms with Gasteiger partial charge in [-0.1, -0.05) is 37.3 Å². The van der Waals surface area contributed by atoms with Gasteiger partial charge in [0.2, 0.25) is 0 Å². The SMILES string of the molecule is CCc1ccc(OC)c(C(CN)Cc2ccccc2OC)c1. The average molecular weight is 299 g/mol. The fraction of sp³-hybridized carbons (Fsp3) is 0.368. The first-order valence-corrected chi connectivity index (χ1v) is 7.72. The van der Waals surface area contributed by atoms with Gasteiger partial charge in [-0.3, -0.25) is 0 Å². The lowest BCUT2D eigenvalue weighted by Gasteiger charge is -2.20. The van der Waals surface area contributed by atoms with Crippen LogP contribution in [0.2, 0.25) is 0 Å². The molecule has 1 atom stereocenters. The van der Waals surface area contributed by atoms with E-state index in [-0.39, 0.29) is 5.92 Å². The van der Waals surface area contributed by atoms with E-state index in [4.69, 9.17) is 15.2 Å². The second kappa shape index (κ2) is 7.85. The van der Waals surface area contributed by atoms with Crippen molar-refractivity contribution in [2.24, 2.45) is 5.73 Å². The predicted molar refractivity (Wildman–Crippen MR) is 90.9 cm³/mol. The van der Waals surface area contributed by atoms with Crippen molar-refractivity contribution in [3.05, 3.63) is 59.2 Å². The highest BCUT2D eigenvalue weighted by Crippen LogP contribution is 2.32. The largest absolute Gasteiger partial charge is 0.496 e. The highest BCUT2D eigenvalue weighted by atomic mass is 16.5. The van der Waals surface area contributed by atoms with Gasteiger partial charge in [-0.25, -0.2) is 0 Å². The van der Waals surface area contributed by atoms with Crippen LogP contribution in [0.5, 0.6) is 11.5 Å². The van der Waals surface area contributed by atoms with E-state index < -0.39 is 0 Å². The molecule has 0 bridgehead atoms. The van der Waals surface area contributed by atoms with Gasteiger partial charge in [-0.2, -0.15) is 0 Å². The maximum Gasteiger partial charge on any atom is 0.122 e. The molecule has 2 N–H and O–H groups in total. The van der Waals surface area contributed by atoms with E-state index in [0.29, 0.717) is 6.54 Å². The van der Waals surface area contributed by atoms with Gasteiger partial charge in [0.25, 0.3) is 0 Å². The third kappa shape index (κ3) is 3.60. The average Bonchev–Trinajstić information content (AvgIpc) is 2.59. The highest BCUT2D eigenvalue weighted by molar-refractivity contribution is 5.42. The fourth-order valence-corrected chi connectivity index (χ4v) is 2.78. The maximum absolute atomic E-state index is 6.06. The molecule has 0 radical (unpaired) electrons.